The minimum Gasteiger partial charge on any atom is -0.467 e. The molecule has 0 aliphatic rings. The van der Waals surface area contributed by atoms with Gasteiger partial charge in [-0.25, -0.2) is 22.8 Å². The molecule has 4 rings (SSSR count). The van der Waals surface area contributed by atoms with E-state index in [1.54, 1.807) is 35.2 Å². The summed E-state index contributed by atoms with van der Waals surface area (Å²) in [7, 11) is -3.81. The van der Waals surface area contributed by atoms with Crippen LogP contribution in [0.25, 0.3) is 0 Å². The molecule has 0 unspecified atom stereocenters. The molecule has 0 atom stereocenters. The van der Waals surface area contributed by atoms with Gasteiger partial charge in [-0.3, -0.25) is 4.79 Å². The number of halogens is 1. The van der Waals surface area contributed by atoms with Crippen molar-refractivity contribution in [1.29, 1.82) is 0 Å². The smallest absolute Gasteiger partial charge is 0.276 e. The summed E-state index contributed by atoms with van der Waals surface area (Å²) in [5.41, 5.74) is -0.0827. The molecule has 0 radical (unpaired) electrons. The van der Waals surface area contributed by atoms with E-state index >= 15 is 0 Å². The lowest BCUT2D eigenvalue weighted by molar-refractivity contribution is 0.102. The summed E-state index contributed by atoms with van der Waals surface area (Å²) in [4.78, 5) is 23.0. The third kappa shape index (κ3) is 5.15. The second kappa shape index (κ2) is 9.87. The van der Waals surface area contributed by atoms with Crippen LogP contribution in [0.4, 0.5) is 15.8 Å². The van der Waals surface area contributed by atoms with Gasteiger partial charge in [0.25, 0.3) is 5.91 Å². The summed E-state index contributed by atoms with van der Waals surface area (Å²) in [6.45, 7) is 1.86. The minimum absolute atomic E-state index is 0.0689. The number of hydrogen-bond donors (Lipinski definition) is 1. The number of rotatable bonds is 9. The van der Waals surface area contributed by atoms with Crippen molar-refractivity contribution in [2.75, 3.05) is 16.0 Å². The molecule has 176 valence electrons. The van der Waals surface area contributed by atoms with Gasteiger partial charge in [0, 0.05) is 0 Å². The molecule has 0 aliphatic heterocycles. The van der Waals surface area contributed by atoms with Gasteiger partial charge in [0.15, 0.2) is 5.69 Å². The fourth-order valence-corrected chi connectivity index (χ4v) is 3.89. The molecule has 9 nitrogen and oxygen atoms in total. The Kier molecular flexibility index (Phi) is 6.73. The molecule has 0 aliphatic carbocycles. The number of nitrogens with one attached hydrogen (secondary N) is 1. The second-order valence-electron chi connectivity index (χ2n) is 7.24. The number of benzene rings is 1. The van der Waals surface area contributed by atoms with Crippen LogP contribution in [0, 0.1) is 5.82 Å². The Bertz CT molecular complexity index is 1340. The van der Waals surface area contributed by atoms with E-state index < -0.39 is 26.7 Å². The number of para-hydroxylation sites is 1. The van der Waals surface area contributed by atoms with Crippen LogP contribution < -0.4 is 10.2 Å². The van der Waals surface area contributed by atoms with Crippen LogP contribution >= 0.6 is 0 Å². The van der Waals surface area contributed by atoms with Gasteiger partial charge in [-0.1, -0.05) is 19.1 Å². The maximum absolute atomic E-state index is 14.2. The molecule has 3 aromatic heterocycles. The molecule has 4 aromatic rings. The number of anilines is 2. The SMILES string of the molecule is CCS(=O)(=O)c1ncc(N(Cc2ccco2)Cc2ccco2)c(C(=O)Nc2ccccc2F)n1. The molecule has 3 heterocycles. The van der Waals surface area contributed by atoms with Crippen LogP contribution in [-0.2, 0) is 22.9 Å². The highest BCUT2D eigenvalue weighted by Gasteiger charge is 2.26. The van der Waals surface area contributed by atoms with Crippen molar-refractivity contribution in [2.45, 2.75) is 25.2 Å². The lowest BCUT2D eigenvalue weighted by Gasteiger charge is -2.24. The molecule has 1 N–H and O–H groups in total. The Morgan fingerprint density at radius 3 is 2.24 bits per heavy atom. The quantitative estimate of drug-likeness (QED) is 0.354. The monoisotopic (exact) mass is 484 g/mol. The van der Waals surface area contributed by atoms with Crippen molar-refractivity contribution in [3.63, 3.8) is 0 Å². The minimum atomic E-state index is -3.81. The molecule has 0 saturated carbocycles. The van der Waals surface area contributed by atoms with E-state index in [0.717, 1.165) is 0 Å². The lowest BCUT2D eigenvalue weighted by Crippen LogP contribution is -2.27. The Hall–Kier alpha value is -3.99. The molecule has 0 spiro atoms. The molecule has 0 fully saturated rings. The number of carbonyl (C=O) groups excluding carboxylic acids is 1. The molecule has 11 heteroatoms. The number of furan rings is 2. The average Bonchev–Trinajstić information content (AvgIpc) is 3.54. The highest BCUT2D eigenvalue weighted by Crippen LogP contribution is 2.26. The molecular weight excluding hydrogens is 463 g/mol. The van der Waals surface area contributed by atoms with Gasteiger partial charge in [-0.2, -0.15) is 0 Å². The van der Waals surface area contributed by atoms with Gasteiger partial charge < -0.3 is 19.1 Å². The normalized spacial score (nSPS) is 11.4. The summed E-state index contributed by atoms with van der Waals surface area (Å²) in [6, 6.07) is 12.6. The van der Waals surface area contributed by atoms with Crippen molar-refractivity contribution in [3.05, 3.63) is 90.3 Å². The van der Waals surface area contributed by atoms with Crippen LogP contribution in [0.2, 0.25) is 0 Å². The predicted molar refractivity (Wildman–Crippen MR) is 121 cm³/mol. The van der Waals surface area contributed by atoms with E-state index in [9.17, 15) is 17.6 Å². The predicted octanol–water partition coefficient (Wildman–Crippen LogP) is 4.05. The molecule has 1 aromatic carbocycles. The Morgan fingerprint density at radius 2 is 1.68 bits per heavy atom. The molecule has 0 bridgehead atoms. The lowest BCUT2D eigenvalue weighted by atomic mass is 10.2. The summed E-state index contributed by atoms with van der Waals surface area (Å²) < 4.78 is 49.9. The first-order valence-electron chi connectivity index (χ1n) is 10.3. The van der Waals surface area contributed by atoms with E-state index in [-0.39, 0.29) is 35.9 Å². The first kappa shape index (κ1) is 23.2. The first-order valence-corrected chi connectivity index (χ1v) is 12.0. The Morgan fingerprint density at radius 1 is 1.03 bits per heavy atom. The van der Waals surface area contributed by atoms with Crippen LogP contribution in [0.3, 0.4) is 0 Å². The van der Waals surface area contributed by atoms with Crippen molar-refractivity contribution < 1.29 is 26.4 Å². The van der Waals surface area contributed by atoms with Crippen molar-refractivity contribution in [1.82, 2.24) is 9.97 Å². The number of aromatic nitrogens is 2. The van der Waals surface area contributed by atoms with Crippen LogP contribution in [-0.4, -0.2) is 30.0 Å². The van der Waals surface area contributed by atoms with Gasteiger partial charge in [0.2, 0.25) is 15.0 Å². The van der Waals surface area contributed by atoms with E-state index in [1.807, 2.05) is 0 Å². The van der Waals surface area contributed by atoms with Crippen molar-refractivity contribution in [2.24, 2.45) is 0 Å². The van der Waals surface area contributed by atoms with Crippen molar-refractivity contribution >= 4 is 27.1 Å². The maximum Gasteiger partial charge on any atom is 0.276 e. The number of nitrogens with zero attached hydrogens (tertiary/aromatic N) is 3. The third-order valence-corrected chi connectivity index (χ3v) is 6.45. The zero-order valence-corrected chi connectivity index (χ0v) is 19.0. The number of sulfone groups is 1. The van der Waals surface area contributed by atoms with Gasteiger partial charge in [-0.15, -0.1) is 0 Å². The zero-order valence-electron chi connectivity index (χ0n) is 18.1. The second-order valence-corrected chi connectivity index (χ2v) is 9.41. The van der Waals surface area contributed by atoms with E-state index in [1.165, 1.54) is 43.8 Å². The van der Waals surface area contributed by atoms with Crippen LogP contribution in [0.1, 0.15) is 28.9 Å². The standard InChI is InChI=1S/C23H21FN4O5S/c1-2-34(30,31)23-25-13-20(21(27-23)22(29)26-19-10-4-3-9-18(19)24)28(14-16-7-5-11-32-16)15-17-8-6-12-33-17/h3-13H,2,14-15H2,1H3,(H,26,29). The van der Waals surface area contributed by atoms with Crippen molar-refractivity contribution in [3.8, 4) is 0 Å². The van der Waals surface area contributed by atoms with Crippen LogP contribution in [0.5, 0.6) is 0 Å². The molecule has 1 amide bonds. The largest absolute Gasteiger partial charge is 0.467 e. The van der Waals surface area contributed by atoms with Gasteiger partial charge in [0.1, 0.15) is 17.3 Å². The maximum atomic E-state index is 14.2. The van der Waals surface area contributed by atoms with Crippen LogP contribution in [0.15, 0.2) is 81.2 Å². The molecule has 34 heavy (non-hydrogen) atoms. The zero-order chi connectivity index (χ0) is 24.1. The molecule has 0 saturated heterocycles. The highest BCUT2D eigenvalue weighted by molar-refractivity contribution is 7.91. The topological polar surface area (TPSA) is 119 Å². The molecular formula is C23H21FN4O5S. The summed E-state index contributed by atoms with van der Waals surface area (Å²) in [5, 5.41) is 1.97. The Balaban J connectivity index is 1.79. The first-order chi connectivity index (χ1) is 16.4. The summed E-state index contributed by atoms with van der Waals surface area (Å²) in [6.07, 6.45) is 4.29. The van der Waals surface area contributed by atoms with Gasteiger partial charge in [0.05, 0.1) is 48.9 Å². The number of amides is 1. The average molecular weight is 485 g/mol. The Labute approximate surface area is 195 Å². The van der Waals surface area contributed by atoms with E-state index in [0.29, 0.717) is 11.5 Å². The van der Waals surface area contributed by atoms with E-state index in [2.05, 4.69) is 15.3 Å². The third-order valence-electron chi connectivity index (χ3n) is 4.94. The van der Waals surface area contributed by atoms with E-state index in [4.69, 9.17) is 8.83 Å². The highest BCUT2D eigenvalue weighted by atomic mass is 32.2. The fraction of sp³-hybridized carbons (Fsp3) is 0.174. The number of carbonyl (C=O) groups is 1. The fourth-order valence-electron chi connectivity index (χ4n) is 3.19. The number of hydrogen-bond acceptors (Lipinski definition) is 8. The summed E-state index contributed by atoms with van der Waals surface area (Å²) >= 11 is 0. The summed E-state index contributed by atoms with van der Waals surface area (Å²) in [5.74, 6) is -0.521. The van der Waals surface area contributed by atoms with Gasteiger partial charge >= 0.3 is 0 Å². The van der Waals surface area contributed by atoms with Gasteiger partial charge in [-0.05, 0) is 36.4 Å².